The Morgan fingerprint density at radius 3 is 2.41 bits per heavy atom. The van der Waals surface area contributed by atoms with Crippen molar-refractivity contribution in [1.29, 1.82) is 0 Å². The summed E-state index contributed by atoms with van der Waals surface area (Å²) in [5.41, 5.74) is 5.41. The molecule has 0 fully saturated rings. The fraction of sp³-hybridized carbons (Fsp3) is 0.120. The molecule has 1 aliphatic rings. The van der Waals surface area contributed by atoms with Gasteiger partial charge in [-0.3, -0.25) is 0 Å². The summed E-state index contributed by atoms with van der Waals surface area (Å²) < 4.78 is 14.6. The smallest absolute Gasteiger partial charge is 0.363 e. The van der Waals surface area contributed by atoms with Crippen molar-refractivity contribution < 1.29 is 14.3 Å². The maximum absolute atomic E-state index is 12.4. The second-order valence-electron chi connectivity index (χ2n) is 7.39. The molecule has 0 spiro atoms. The molecule has 0 amide bonds. The minimum absolute atomic E-state index is 0.288. The van der Waals surface area contributed by atoms with Gasteiger partial charge in [-0.25, -0.2) is 9.79 Å². The molecule has 0 saturated carbocycles. The van der Waals surface area contributed by atoms with Gasteiger partial charge in [0.15, 0.2) is 5.70 Å². The highest BCUT2D eigenvalue weighted by Gasteiger charge is 2.24. The number of ether oxygens (including phenoxy) is 2. The predicted octanol–water partition coefficient (Wildman–Crippen LogP) is 7.04. The van der Waals surface area contributed by atoms with Gasteiger partial charge >= 0.3 is 5.97 Å². The number of hydrogen-bond donors (Lipinski definition) is 0. The van der Waals surface area contributed by atoms with Crippen molar-refractivity contribution in [2.45, 2.75) is 20.5 Å². The molecule has 0 radical (unpaired) electrons. The summed E-state index contributed by atoms with van der Waals surface area (Å²) in [6.07, 6.45) is 1.75. The minimum atomic E-state index is -0.444. The van der Waals surface area contributed by atoms with Crippen LogP contribution in [-0.2, 0) is 16.1 Å². The summed E-state index contributed by atoms with van der Waals surface area (Å²) in [6, 6.07) is 18.1. The number of esters is 1. The van der Waals surface area contributed by atoms with E-state index in [1.807, 2.05) is 43.3 Å². The van der Waals surface area contributed by atoms with Crippen LogP contribution in [0.1, 0.15) is 27.8 Å². The number of nitrogens with zero attached hydrogens (tertiary/aromatic N) is 1. The third kappa shape index (κ3) is 5.53. The van der Waals surface area contributed by atoms with Crippen LogP contribution in [0.25, 0.3) is 6.08 Å². The van der Waals surface area contributed by atoms with Crippen LogP contribution in [0.3, 0.4) is 0 Å². The SMILES string of the molecule is Cc1cccc(COc2c(I)cc(/C=C3\N=C(c4ccc(I)c(C)c4)OC3=O)cc2I)c1. The van der Waals surface area contributed by atoms with E-state index in [-0.39, 0.29) is 5.70 Å². The van der Waals surface area contributed by atoms with Crippen molar-refractivity contribution in [2.75, 3.05) is 0 Å². The third-order valence-corrected chi connectivity index (χ3v) is 7.63. The lowest BCUT2D eigenvalue weighted by atomic mass is 10.1. The van der Waals surface area contributed by atoms with Gasteiger partial charge in [-0.2, -0.15) is 0 Å². The second-order valence-corrected chi connectivity index (χ2v) is 10.9. The molecule has 1 heterocycles. The van der Waals surface area contributed by atoms with Crippen LogP contribution in [0.5, 0.6) is 5.75 Å². The number of carbonyl (C=O) groups is 1. The Labute approximate surface area is 227 Å². The number of aliphatic imine (C=N–C) groups is 1. The van der Waals surface area contributed by atoms with Gasteiger partial charge < -0.3 is 9.47 Å². The molecule has 3 aromatic carbocycles. The Morgan fingerprint density at radius 1 is 0.969 bits per heavy atom. The van der Waals surface area contributed by atoms with Crippen LogP contribution >= 0.6 is 67.8 Å². The number of hydrogen-bond acceptors (Lipinski definition) is 4. The minimum Gasteiger partial charge on any atom is -0.487 e. The maximum atomic E-state index is 12.4. The summed E-state index contributed by atoms with van der Waals surface area (Å²) in [5, 5.41) is 0. The van der Waals surface area contributed by atoms with Crippen LogP contribution in [0.15, 0.2) is 65.3 Å². The molecule has 4 nitrogen and oxygen atoms in total. The lowest BCUT2D eigenvalue weighted by Gasteiger charge is -2.12. The van der Waals surface area contributed by atoms with Crippen LogP contribution in [0.4, 0.5) is 0 Å². The van der Waals surface area contributed by atoms with Gasteiger partial charge in [0.05, 0.1) is 7.14 Å². The Morgan fingerprint density at radius 2 is 1.72 bits per heavy atom. The molecule has 4 rings (SSSR count). The number of rotatable bonds is 5. The van der Waals surface area contributed by atoms with E-state index in [9.17, 15) is 4.79 Å². The van der Waals surface area contributed by atoms with E-state index in [2.05, 4.69) is 97.9 Å². The highest BCUT2D eigenvalue weighted by atomic mass is 127. The lowest BCUT2D eigenvalue weighted by molar-refractivity contribution is -0.129. The molecule has 3 aromatic rings. The van der Waals surface area contributed by atoms with Crippen LogP contribution in [0, 0.1) is 24.6 Å². The maximum Gasteiger partial charge on any atom is 0.363 e. The number of halogens is 3. The second kappa shape index (κ2) is 10.2. The summed E-state index contributed by atoms with van der Waals surface area (Å²) in [5.74, 6) is 0.728. The van der Waals surface area contributed by atoms with Gasteiger partial charge in [-0.1, -0.05) is 29.8 Å². The van der Waals surface area contributed by atoms with Crippen molar-refractivity contribution in [2.24, 2.45) is 4.99 Å². The first-order valence-electron chi connectivity index (χ1n) is 9.76. The van der Waals surface area contributed by atoms with Crippen molar-refractivity contribution in [3.05, 3.63) is 98.8 Å². The highest BCUT2D eigenvalue weighted by molar-refractivity contribution is 14.1. The van der Waals surface area contributed by atoms with Crippen molar-refractivity contribution >= 4 is 85.7 Å². The summed E-state index contributed by atoms with van der Waals surface area (Å²) in [4.78, 5) is 16.8. The zero-order valence-corrected chi connectivity index (χ0v) is 23.8. The van der Waals surface area contributed by atoms with Gasteiger partial charge in [0.25, 0.3) is 0 Å². The van der Waals surface area contributed by atoms with Crippen molar-refractivity contribution in [3.8, 4) is 5.75 Å². The Balaban J connectivity index is 1.56. The molecule has 32 heavy (non-hydrogen) atoms. The quantitative estimate of drug-likeness (QED) is 0.159. The summed E-state index contributed by atoms with van der Waals surface area (Å²) >= 11 is 6.80. The molecule has 7 heteroatoms. The van der Waals surface area contributed by atoms with Gasteiger partial charge in [-0.15, -0.1) is 0 Å². The molecular formula is C25H18I3NO3. The first-order chi connectivity index (χ1) is 15.3. The molecule has 0 aliphatic carbocycles. The standard InChI is InChI=1S/C25H18I3NO3/c1-14-4-3-5-16(8-14)13-31-23-20(27)10-17(11-21(23)28)12-22-25(30)32-24(29-22)18-6-7-19(26)15(2)9-18/h3-12H,13H2,1-2H3/b22-12-. The zero-order chi connectivity index (χ0) is 22.8. The van der Waals surface area contributed by atoms with Gasteiger partial charge in [-0.05, 0) is 135 Å². The summed E-state index contributed by atoms with van der Waals surface area (Å²) in [7, 11) is 0. The van der Waals surface area contributed by atoms with Gasteiger partial charge in [0.2, 0.25) is 5.90 Å². The molecule has 0 N–H and O–H groups in total. The Kier molecular flexibility index (Phi) is 7.55. The van der Waals surface area contributed by atoms with Crippen LogP contribution in [-0.4, -0.2) is 11.9 Å². The van der Waals surface area contributed by atoms with Crippen LogP contribution in [0.2, 0.25) is 0 Å². The molecule has 0 atom stereocenters. The highest BCUT2D eigenvalue weighted by Crippen LogP contribution is 2.31. The fourth-order valence-electron chi connectivity index (χ4n) is 3.23. The monoisotopic (exact) mass is 761 g/mol. The largest absolute Gasteiger partial charge is 0.487 e. The normalized spacial score (nSPS) is 14.5. The summed E-state index contributed by atoms with van der Waals surface area (Å²) in [6.45, 7) is 4.59. The molecule has 0 saturated heterocycles. The number of cyclic esters (lactones) is 1. The molecule has 0 bridgehead atoms. The molecule has 162 valence electrons. The Bertz CT molecular complexity index is 1260. The van der Waals surface area contributed by atoms with E-state index in [1.54, 1.807) is 6.08 Å². The number of carbonyl (C=O) groups excluding carboxylic acids is 1. The molecule has 0 aromatic heterocycles. The third-order valence-electron chi connectivity index (χ3n) is 4.82. The number of aryl methyl sites for hydroxylation is 2. The Hall–Kier alpha value is -1.47. The molecule has 0 unspecified atom stereocenters. The van der Waals surface area contributed by atoms with E-state index in [1.165, 1.54) is 5.56 Å². The van der Waals surface area contributed by atoms with E-state index in [0.717, 1.165) is 38.7 Å². The predicted molar refractivity (Wildman–Crippen MR) is 152 cm³/mol. The van der Waals surface area contributed by atoms with Crippen molar-refractivity contribution in [3.63, 3.8) is 0 Å². The van der Waals surface area contributed by atoms with Crippen molar-refractivity contribution in [1.82, 2.24) is 0 Å². The van der Waals surface area contributed by atoms with Crippen LogP contribution < -0.4 is 4.74 Å². The average Bonchev–Trinajstić information content (AvgIpc) is 3.10. The number of benzene rings is 3. The van der Waals surface area contributed by atoms with E-state index >= 15 is 0 Å². The van der Waals surface area contributed by atoms with Gasteiger partial charge in [0.1, 0.15) is 12.4 Å². The fourth-order valence-corrected chi connectivity index (χ4v) is 5.69. The zero-order valence-electron chi connectivity index (χ0n) is 17.3. The first kappa shape index (κ1) is 23.7. The topological polar surface area (TPSA) is 47.9 Å². The molecule has 1 aliphatic heterocycles. The first-order valence-corrected chi connectivity index (χ1v) is 13.0. The lowest BCUT2D eigenvalue weighted by Crippen LogP contribution is -2.05. The van der Waals surface area contributed by atoms with E-state index < -0.39 is 5.97 Å². The van der Waals surface area contributed by atoms with Gasteiger partial charge in [0, 0.05) is 9.13 Å². The van der Waals surface area contributed by atoms with E-state index in [4.69, 9.17) is 9.47 Å². The molecular weight excluding hydrogens is 743 g/mol. The average molecular weight is 761 g/mol. The van der Waals surface area contributed by atoms with E-state index in [0.29, 0.717) is 12.5 Å².